The maximum Gasteiger partial charge on any atom is 0.338 e. The lowest BCUT2D eigenvalue weighted by atomic mass is 10.1. The van der Waals surface area contributed by atoms with Crippen LogP contribution in [0.15, 0.2) is 48.5 Å². The Morgan fingerprint density at radius 1 is 1.10 bits per heavy atom. The molecule has 2 heterocycles. The Labute approximate surface area is 176 Å². The van der Waals surface area contributed by atoms with E-state index in [1.54, 1.807) is 24.0 Å². The number of amides is 1. The molecule has 1 saturated heterocycles. The molecule has 4 rings (SSSR count). The normalized spacial score (nSPS) is 20.7. The van der Waals surface area contributed by atoms with Crippen molar-refractivity contribution in [1.82, 2.24) is 0 Å². The fourth-order valence-electron chi connectivity index (χ4n) is 4.07. The molecule has 0 N–H and O–H groups in total. The number of sulfonamides is 1. The van der Waals surface area contributed by atoms with Crippen LogP contribution in [0, 0.1) is 0 Å². The second-order valence-electron chi connectivity index (χ2n) is 7.73. The van der Waals surface area contributed by atoms with Gasteiger partial charge in [-0.1, -0.05) is 18.2 Å². The van der Waals surface area contributed by atoms with Crippen LogP contribution in [-0.4, -0.2) is 44.7 Å². The summed E-state index contributed by atoms with van der Waals surface area (Å²) in [4.78, 5) is 27.2. The van der Waals surface area contributed by atoms with Crippen LogP contribution in [0.2, 0.25) is 0 Å². The smallest absolute Gasteiger partial charge is 0.338 e. The number of carbonyl (C=O) groups is 2. The maximum absolute atomic E-state index is 13.0. The summed E-state index contributed by atoms with van der Waals surface area (Å²) in [6.07, 6.45) is 0.414. The first-order valence-electron chi connectivity index (χ1n) is 10.0. The van der Waals surface area contributed by atoms with Crippen LogP contribution in [0.4, 0.5) is 11.4 Å². The molecule has 8 heteroatoms. The third kappa shape index (κ3) is 3.67. The molecule has 0 bridgehead atoms. The van der Waals surface area contributed by atoms with Crippen molar-refractivity contribution in [1.29, 1.82) is 0 Å². The molecule has 7 nitrogen and oxygen atoms in total. The van der Waals surface area contributed by atoms with E-state index in [9.17, 15) is 18.0 Å². The van der Waals surface area contributed by atoms with Crippen molar-refractivity contribution in [2.24, 2.45) is 0 Å². The van der Waals surface area contributed by atoms with Crippen LogP contribution < -0.4 is 9.21 Å². The molecule has 0 aromatic heterocycles. The van der Waals surface area contributed by atoms with E-state index in [1.165, 1.54) is 16.4 Å². The highest BCUT2D eigenvalue weighted by atomic mass is 32.2. The third-order valence-electron chi connectivity index (χ3n) is 5.57. The molecule has 2 aromatic rings. The molecule has 1 amide bonds. The summed E-state index contributed by atoms with van der Waals surface area (Å²) in [6, 6.07) is 13.9. The summed E-state index contributed by atoms with van der Waals surface area (Å²) in [5.41, 5.74) is 2.75. The Bertz CT molecular complexity index is 1080. The average molecular weight is 429 g/mol. The van der Waals surface area contributed by atoms with Gasteiger partial charge in [-0.25, -0.2) is 13.2 Å². The minimum Gasteiger partial charge on any atom is -0.449 e. The van der Waals surface area contributed by atoms with E-state index in [1.807, 2.05) is 31.2 Å². The van der Waals surface area contributed by atoms with Gasteiger partial charge in [-0.3, -0.25) is 9.10 Å². The first-order valence-corrected chi connectivity index (χ1v) is 11.6. The lowest BCUT2D eigenvalue weighted by molar-refractivity contribution is -0.126. The van der Waals surface area contributed by atoms with Gasteiger partial charge in [-0.15, -0.1) is 0 Å². The van der Waals surface area contributed by atoms with Crippen molar-refractivity contribution in [3.8, 4) is 0 Å². The topological polar surface area (TPSA) is 84.0 Å². The van der Waals surface area contributed by atoms with Gasteiger partial charge >= 0.3 is 5.97 Å². The quantitative estimate of drug-likeness (QED) is 0.699. The Balaban J connectivity index is 1.44. The molecule has 0 saturated carbocycles. The second kappa shape index (κ2) is 7.75. The number of benzene rings is 2. The number of fused-ring (bicyclic) bond motifs is 1. The molecular weight excluding hydrogens is 404 g/mol. The van der Waals surface area contributed by atoms with Crippen LogP contribution in [0.5, 0.6) is 0 Å². The predicted octanol–water partition coefficient (Wildman–Crippen LogP) is 2.75. The number of esters is 1. The highest BCUT2D eigenvalue weighted by molar-refractivity contribution is 7.93. The predicted molar refractivity (Wildman–Crippen MR) is 114 cm³/mol. The van der Waals surface area contributed by atoms with Gasteiger partial charge in [0.05, 0.1) is 17.0 Å². The van der Waals surface area contributed by atoms with Crippen LogP contribution in [0.25, 0.3) is 0 Å². The van der Waals surface area contributed by atoms with Gasteiger partial charge in [0.2, 0.25) is 10.0 Å². The molecule has 2 atom stereocenters. The first kappa shape index (κ1) is 20.4. The minimum atomic E-state index is -3.28. The zero-order valence-corrected chi connectivity index (χ0v) is 17.8. The standard InChI is InChI=1S/C22H24N2O5S/c1-15-14-18-6-3-4-7-20(18)24(15)21(25)16(2)29-22(26)17-8-10-19(11-9-17)23-12-5-13-30(23,27)28/h3-4,6-11,15-16H,5,12-14H2,1-2H3. The van der Waals surface area contributed by atoms with Gasteiger partial charge in [-0.05, 0) is 62.6 Å². The van der Waals surface area contributed by atoms with Gasteiger partial charge in [0.15, 0.2) is 6.10 Å². The van der Waals surface area contributed by atoms with Crippen LogP contribution in [0.1, 0.15) is 36.2 Å². The number of anilines is 2. The number of hydrogen-bond donors (Lipinski definition) is 0. The zero-order valence-electron chi connectivity index (χ0n) is 16.9. The largest absolute Gasteiger partial charge is 0.449 e. The van der Waals surface area contributed by atoms with E-state index in [0.717, 1.165) is 17.7 Å². The molecule has 1 fully saturated rings. The van der Waals surface area contributed by atoms with Crippen LogP contribution in [0.3, 0.4) is 0 Å². The van der Waals surface area contributed by atoms with E-state index < -0.39 is 22.1 Å². The second-order valence-corrected chi connectivity index (χ2v) is 9.74. The number of carbonyl (C=O) groups excluding carboxylic acids is 2. The molecule has 0 aliphatic carbocycles. The van der Waals surface area contributed by atoms with Crippen molar-refractivity contribution >= 4 is 33.3 Å². The SMILES string of the molecule is CC(OC(=O)c1ccc(N2CCCS2(=O)=O)cc1)C(=O)N1c2ccccc2CC1C. The number of rotatable bonds is 4. The van der Waals surface area contributed by atoms with Gasteiger partial charge in [-0.2, -0.15) is 0 Å². The molecule has 2 unspecified atom stereocenters. The highest BCUT2D eigenvalue weighted by Crippen LogP contribution is 2.32. The van der Waals surface area contributed by atoms with Crippen molar-refractivity contribution < 1.29 is 22.7 Å². The summed E-state index contributed by atoms with van der Waals surface area (Å²) in [7, 11) is -3.28. The van der Waals surface area contributed by atoms with E-state index >= 15 is 0 Å². The Morgan fingerprint density at radius 2 is 1.80 bits per heavy atom. The molecule has 158 valence electrons. The highest BCUT2D eigenvalue weighted by Gasteiger charge is 2.34. The summed E-state index contributed by atoms with van der Waals surface area (Å²) >= 11 is 0. The van der Waals surface area contributed by atoms with Crippen LogP contribution in [-0.2, 0) is 26.0 Å². The number of hydrogen-bond acceptors (Lipinski definition) is 5. The summed E-state index contributed by atoms with van der Waals surface area (Å²) < 4.78 is 30.8. The molecule has 2 aliphatic rings. The number of para-hydroxylation sites is 1. The van der Waals surface area contributed by atoms with E-state index in [-0.39, 0.29) is 23.3 Å². The summed E-state index contributed by atoms with van der Waals surface area (Å²) in [5, 5.41) is 0. The van der Waals surface area contributed by atoms with E-state index in [4.69, 9.17) is 4.74 Å². The lowest BCUT2D eigenvalue weighted by Crippen LogP contribution is -2.43. The Kier molecular flexibility index (Phi) is 5.27. The first-order chi connectivity index (χ1) is 14.3. The van der Waals surface area contributed by atoms with Crippen molar-refractivity contribution in [2.45, 2.75) is 38.8 Å². The van der Waals surface area contributed by atoms with E-state index in [0.29, 0.717) is 18.7 Å². The molecule has 2 aliphatic heterocycles. The van der Waals surface area contributed by atoms with Gasteiger partial charge in [0, 0.05) is 18.3 Å². The Morgan fingerprint density at radius 3 is 2.47 bits per heavy atom. The monoisotopic (exact) mass is 428 g/mol. The fourth-order valence-corrected chi connectivity index (χ4v) is 5.63. The number of ether oxygens (including phenoxy) is 1. The summed E-state index contributed by atoms with van der Waals surface area (Å²) in [6.45, 7) is 3.98. The number of nitrogens with zero attached hydrogens (tertiary/aromatic N) is 2. The van der Waals surface area contributed by atoms with Crippen molar-refractivity contribution in [3.05, 3.63) is 59.7 Å². The minimum absolute atomic E-state index is 0.00209. The molecule has 0 radical (unpaired) electrons. The average Bonchev–Trinajstić information content (AvgIpc) is 3.25. The van der Waals surface area contributed by atoms with Gasteiger partial charge in [0.25, 0.3) is 5.91 Å². The Hall–Kier alpha value is -2.87. The van der Waals surface area contributed by atoms with Gasteiger partial charge in [0.1, 0.15) is 0 Å². The molecule has 30 heavy (non-hydrogen) atoms. The maximum atomic E-state index is 13.0. The van der Waals surface area contributed by atoms with E-state index in [2.05, 4.69) is 0 Å². The fraction of sp³-hybridized carbons (Fsp3) is 0.364. The third-order valence-corrected chi connectivity index (χ3v) is 7.44. The zero-order chi connectivity index (χ0) is 21.5. The van der Waals surface area contributed by atoms with Crippen LogP contribution >= 0.6 is 0 Å². The molecule has 2 aromatic carbocycles. The van der Waals surface area contributed by atoms with Gasteiger partial charge < -0.3 is 9.64 Å². The lowest BCUT2D eigenvalue weighted by Gasteiger charge is -2.26. The van der Waals surface area contributed by atoms with Crippen molar-refractivity contribution in [3.63, 3.8) is 0 Å². The molecular formula is C22H24N2O5S. The van der Waals surface area contributed by atoms with Crippen molar-refractivity contribution in [2.75, 3.05) is 21.5 Å². The molecule has 0 spiro atoms. The summed E-state index contributed by atoms with van der Waals surface area (Å²) in [5.74, 6) is -0.749.